The van der Waals surface area contributed by atoms with Crippen LogP contribution in [0.5, 0.6) is 0 Å². The number of aryl methyl sites for hydroxylation is 3. The van der Waals surface area contributed by atoms with Crippen molar-refractivity contribution in [3.8, 4) is 0 Å². The number of para-hydroxylation sites is 1. The number of esters is 1. The molecule has 0 fully saturated rings. The van der Waals surface area contributed by atoms with E-state index in [9.17, 15) is 9.59 Å². The molecule has 0 bridgehead atoms. The molecule has 2 heterocycles. The highest BCUT2D eigenvalue weighted by atomic mass is 32.1. The fourth-order valence-electron chi connectivity index (χ4n) is 3.60. The molecule has 30 heavy (non-hydrogen) atoms. The summed E-state index contributed by atoms with van der Waals surface area (Å²) < 4.78 is 7.42. The number of anilines is 1. The van der Waals surface area contributed by atoms with E-state index in [4.69, 9.17) is 4.74 Å². The zero-order chi connectivity index (χ0) is 21.7. The largest absolute Gasteiger partial charge is 0.452 e. The predicted molar refractivity (Wildman–Crippen MR) is 121 cm³/mol. The molecule has 6 heteroatoms. The first-order valence-corrected chi connectivity index (χ1v) is 11.1. The third-order valence-electron chi connectivity index (χ3n) is 5.29. The molecule has 1 amide bonds. The third kappa shape index (κ3) is 4.82. The number of nitrogens with zero attached hydrogens (tertiary/aromatic N) is 1. The molecular weight excluding hydrogens is 396 g/mol. The third-order valence-corrected chi connectivity index (χ3v) is 6.15. The van der Waals surface area contributed by atoms with Crippen LogP contribution < -0.4 is 5.32 Å². The van der Waals surface area contributed by atoms with Crippen molar-refractivity contribution in [2.45, 2.75) is 47.1 Å². The maximum atomic E-state index is 12.6. The van der Waals surface area contributed by atoms with Gasteiger partial charge in [-0.1, -0.05) is 38.1 Å². The summed E-state index contributed by atoms with van der Waals surface area (Å²) >= 11 is 1.68. The molecule has 0 aliphatic rings. The summed E-state index contributed by atoms with van der Waals surface area (Å²) in [5.41, 5.74) is 5.31. The van der Waals surface area contributed by atoms with Crippen molar-refractivity contribution in [3.05, 3.63) is 74.7 Å². The number of carbonyl (C=O) groups is 2. The fourth-order valence-corrected chi connectivity index (χ4v) is 4.29. The van der Waals surface area contributed by atoms with E-state index in [0.717, 1.165) is 47.6 Å². The summed E-state index contributed by atoms with van der Waals surface area (Å²) in [4.78, 5) is 26.3. The number of rotatable bonds is 8. The van der Waals surface area contributed by atoms with Gasteiger partial charge in [-0.05, 0) is 55.3 Å². The van der Waals surface area contributed by atoms with Crippen LogP contribution in [0, 0.1) is 13.8 Å². The van der Waals surface area contributed by atoms with Crippen molar-refractivity contribution < 1.29 is 14.3 Å². The van der Waals surface area contributed by atoms with Gasteiger partial charge < -0.3 is 14.6 Å². The van der Waals surface area contributed by atoms with Crippen LogP contribution in [0.1, 0.15) is 51.6 Å². The van der Waals surface area contributed by atoms with Crippen molar-refractivity contribution in [2.24, 2.45) is 0 Å². The van der Waals surface area contributed by atoms with Crippen LogP contribution in [0.4, 0.5) is 5.69 Å². The lowest BCUT2D eigenvalue weighted by Gasteiger charge is -2.14. The van der Waals surface area contributed by atoms with Crippen LogP contribution in [0.3, 0.4) is 0 Å². The lowest BCUT2D eigenvalue weighted by molar-refractivity contribution is -0.119. The molecule has 158 valence electrons. The van der Waals surface area contributed by atoms with Crippen LogP contribution in [-0.2, 0) is 28.9 Å². The number of nitrogens with one attached hydrogen (secondary N) is 1. The lowest BCUT2D eigenvalue weighted by Crippen LogP contribution is -2.22. The number of thiophene rings is 1. The Labute approximate surface area is 181 Å². The molecule has 0 atom stereocenters. The average molecular weight is 425 g/mol. The summed E-state index contributed by atoms with van der Waals surface area (Å²) in [5, 5.41) is 4.97. The van der Waals surface area contributed by atoms with Crippen molar-refractivity contribution >= 4 is 28.9 Å². The molecule has 0 saturated heterocycles. The van der Waals surface area contributed by atoms with Crippen molar-refractivity contribution in [3.63, 3.8) is 0 Å². The first-order chi connectivity index (χ1) is 14.4. The molecule has 2 aromatic heterocycles. The molecule has 3 rings (SSSR count). The number of hydrogen-bond donors (Lipinski definition) is 1. The number of benzene rings is 1. The highest BCUT2D eigenvalue weighted by Gasteiger charge is 2.19. The molecule has 0 unspecified atom stereocenters. The molecule has 0 saturated carbocycles. The maximum Gasteiger partial charge on any atom is 0.340 e. The van der Waals surface area contributed by atoms with Gasteiger partial charge in [0, 0.05) is 22.0 Å². The van der Waals surface area contributed by atoms with Gasteiger partial charge in [0.1, 0.15) is 0 Å². The van der Waals surface area contributed by atoms with Gasteiger partial charge in [0.15, 0.2) is 6.61 Å². The molecule has 0 aliphatic carbocycles. The molecule has 1 aromatic carbocycles. The van der Waals surface area contributed by atoms with E-state index < -0.39 is 5.97 Å². The van der Waals surface area contributed by atoms with Gasteiger partial charge in [0.25, 0.3) is 5.91 Å². The highest BCUT2D eigenvalue weighted by molar-refractivity contribution is 7.09. The first-order valence-electron chi connectivity index (χ1n) is 10.2. The number of hydrogen-bond acceptors (Lipinski definition) is 4. The minimum atomic E-state index is -0.477. The van der Waals surface area contributed by atoms with Crippen LogP contribution in [-0.4, -0.2) is 23.1 Å². The quantitative estimate of drug-likeness (QED) is 0.510. The summed E-state index contributed by atoms with van der Waals surface area (Å²) in [6.07, 6.45) is 1.64. The monoisotopic (exact) mass is 424 g/mol. The van der Waals surface area contributed by atoms with Gasteiger partial charge in [0.2, 0.25) is 0 Å². The Kier molecular flexibility index (Phi) is 7.11. The van der Waals surface area contributed by atoms with E-state index in [1.54, 1.807) is 11.3 Å². The van der Waals surface area contributed by atoms with Crippen LogP contribution in [0.15, 0.2) is 41.8 Å². The molecule has 0 spiro atoms. The molecular formula is C24H28N2O3S. The van der Waals surface area contributed by atoms with E-state index in [1.165, 1.54) is 4.88 Å². The van der Waals surface area contributed by atoms with Gasteiger partial charge >= 0.3 is 5.97 Å². The standard InChI is InChI=1S/C24H28N2O3S/c1-5-18-9-7-10-19(6-2)23(18)25-22(27)15-29-24(28)21-13-16(3)26(17(21)4)14-20-11-8-12-30-20/h7-13H,5-6,14-15H2,1-4H3,(H,25,27). The number of aromatic nitrogens is 1. The van der Waals surface area contributed by atoms with E-state index in [-0.39, 0.29) is 12.5 Å². The molecule has 5 nitrogen and oxygen atoms in total. The Bertz CT molecular complexity index is 1010. The van der Waals surface area contributed by atoms with Gasteiger partial charge in [0.05, 0.1) is 12.1 Å². The number of amides is 1. The molecule has 3 aromatic rings. The minimum Gasteiger partial charge on any atom is -0.452 e. The van der Waals surface area contributed by atoms with Crippen molar-refractivity contribution in [1.29, 1.82) is 0 Å². The van der Waals surface area contributed by atoms with Crippen molar-refractivity contribution in [2.75, 3.05) is 11.9 Å². The Morgan fingerprint density at radius 3 is 2.37 bits per heavy atom. The highest BCUT2D eigenvalue weighted by Crippen LogP contribution is 2.23. The smallest absolute Gasteiger partial charge is 0.340 e. The second-order valence-corrected chi connectivity index (χ2v) is 8.27. The normalized spacial score (nSPS) is 10.8. The number of carbonyl (C=O) groups excluding carboxylic acids is 2. The van der Waals surface area contributed by atoms with Gasteiger partial charge in [-0.25, -0.2) is 4.79 Å². The summed E-state index contributed by atoms with van der Waals surface area (Å²) in [6, 6.07) is 11.9. The predicted octanol–water partition coefficient (Wildman–Crippen LogP) is 5.14. The van der Waals surface area contributed by atoms with E-state index in [0.29, 0.717) is 5.56 Å². The average Bonchev–Trinajstić information content (AvgIpc) is 3.36. The van der Waals surface area contributed by atoms with Gasteiger partial charge in [-0.3, -0.25) is 4.79 Å². The minimum absolute atomic E-state index is 0.311. The molecule has 1 N–H and O–H groups in total. The van der Waals surface area contributed by atoms with E-state index in [1.807, 2.05) is 49.6 Å². The second-order valence-electron chi connectivity index (χ2n) is 7.23. The fraction of sp³-hybridized carbons (Fsp3) is 0.333. The maximum absolute atomic E-state index is 12.6. The summed E-state index contributed by atoms with van der Waals surface area (Å²) in [5.74, 6) is -0.804. The topological polar surface area (TPSA) is 60.3 Å². The first kappa shape index (κ1) is 21.8. The van der Waals surface area contributed by atoms with Gasteiger partial charge in [-0.15, -0.1) is 11.3 Å². The lowest BCUT2D eigenvalue weighted by atomic mass is 10.0. The Balaban J connectivity index is 1.66. The number of ether oxygens (including phenoxy) is 1. The second kappa shape index (κ2) is 9.76. The summed E-state index contributed by atoms with van der Waals surface area (Å²) in [6.45, 7) is 8.39. The Hall–Kier alpha value is -2.86. The van der Waals surface area contributed by atoms with E-state index in [2.05, 4.69) is 29.8 Å². The van der Waals surface area contributed by atoms with E-state index >= 15 is 0 Å². The zero-order valence-electron chi connectivity index (χ0n) is 18.0. The SMILES string of the molecule is CCc1cccc(CC)c1NC(=O)COC(=O)c1cc(C)n(Cc2cccs2)c1C. The van der Waals surface area contributed by atoms with Crippen LogP contribution in [0.25, 0.3) is 0 Å². The Morgan fingerprint density at radius 1 is 1.07 bits per heavy atom. The van der Waals surface area contributed by atoms with Crippen molar-refractivity contribution in [1.82, 2.24) is 4.57 Å². The summed E-state index contributed by atoms with van der Waals surface area (Å²) in [7, 11) is 0. The molecule has 0 radical (unpaired) electrons. The zero-order valence-corrected chi connectivity index (χ0v) is 18.8. The van der Waals surface area contributed by atoms with Crippen LogP contribution >= 0.6 is 11.3 Å². The Morgan fingerprint density at radius 2 is 1.77 bits per heavy atom. The van der Waals surface area contributed by atoms with Crippen LogP contribution in [0.2, 0.25) is 0 Å². The molecule has 0 aliphatic heterocycles. The van der Waals surface area contributed by atoms with Gasteiger partial charge in [-0.2, -0.15) is 0 Å².